The molecule has 53 heavy (non-hydrogen) atoms. The number of carbonyl (C=O) groups is 2. The molecule has 1 aromatic rings. The zero-order valence-electron chi connectivity index (χ0n) is 35.5. The van der Waals surface area contributed by atoms with E-state index in [4.69, 9.17) is 13.9 Å². The van der Waals surface area contributed by atoms with E-state index in [-0.39, 0.29) is 42.9 Å². The van der Waals surface area contributed by atoms with Crippen LogP contribution in [0, 0.1) is 30.6 Å². The smallest absolute Gasteiger partial charge is 0.342 e. The second-order valence-electron chi connectivity index (χ2n) is 15.0. The van der Waals surface area contributed by atoms with Crippen LogP contribution in [-0.4, -0.2) is 50.6 Å². The van der Waals surface area contributed by atoms with Crippen LogP contribution in [0.2, 0.25) is 18.1 Å². The largest absolute Gasteiger partial charge is 0.488 e. The maximum atomic E-state index is 14.5. The number of ether oxygens (including phenoxy) is 2. The molecular weight excluding hydrogens is 677 g/mol. The van der Waals surface area contributed by atoms with Gasteiger partial charge < -0.3 is 19.0 Å². The summed E-state index contributed by atoms with van der Waals surface area (Å²) in [5.41, 5.74) is 4.92. The predicted octanol–water partition coefficient (Wildman–Crippen LogP) is 12.0. The van der Waals surface area contributed by atoms with Gasteiger partial charge >= 0.3 is 5.97 Å². The number of hydrogen-bond donors (Lipinski definition) is 1. The number of aryl methyl sites for hydroxylation is 2. The lowest BCUT2D eigenvalue weighted by molar-refractivity contribution is -0.135. The van der Waals surface area contributed by atoms with E-state index in [0.29, 0.717) is 30.6 Å². The molecule has 0 heterocycles. The number of benzene rings is 1. The molecule has 0 saturated carbocycles. The number of rotatable bonds is 28. The van der Waals surface area contributed by atoms with E-state index in [0.717, 1.165) is 61.4 Å². The highest BCUT2D eigenvalue weighted by Gasteiger charge is 2.42. The second-order valence-corrected chi connectivity index (χ2v) is 19.7. The molecule has 0 radical (unpaired) electrons. The van der Waals surface area contributed by atoms with Gasteiger partial charge in [-0.05, 0) is 106 Å². The van der Waals surface area contributed by atoms with Crippen LogP contribution in [0.4, 0.5) is 0 Å². The van der Waals surface area contributed by atoms with E-state index in [1.54, 1.807) is 6.08 Å². The molecule has 0 fully saturated rings. The van der Waals surface area contributed by atoms with Gasteiger partial charge in [0.1, 0.15) is 30.3 Å². The van der Waals surface area contributed by atoms with Gasteiger partial charge in [0.25, 0.3) is 0 Å². The zero-order valence-corrected chi connectivity index (χ0v) is 36.5. The van der Waals surface area contributed by atoms with Crippen molar-refractivity contribution < 1.29 is 28.6 Å². The van der Waals surface area contributed by atoms with Crippen LogP contribution in [0.25, 0.3) is 0 Å². The molecule has 0 spiro atoms. The van der Waals surface area contributed by atoms with Crippen molar-refractivity contribution in [3.63, 3.8) is 0 Å². The molecule has 6 nitrogen and oxygen atoms in total. The maximum Gasteiger partial charge on any atom is 0.342 e. The first-order valence-electron chi connectivity index (χ1n) is 20.6. The topological polar surface area (TPSA) is 82.1 Å². The molecule has 0 amide bonds. The van der Waals surface area contributed by atoms with E-state index >= 15 is 0 Å². The first-order valence-corrected chi connectivity index (χ1v) is 23.2. The molecule has 6 atom stereocenters. The van der Waals surface area contributed by atoms with Gasteiger partial charge in [0.15, 0.2) is 8.32 Å². The monoisotopic (exact) mass is 753 g/mol. The molecule has 0 aliphatic rings. The van der Waals surface area contributed by atoms with Crippen LogP contribution in [0.1, 0.15) is 136 Å². The van der Waals surface area contributed by atoms with Crippen molar-refractivity contribution in [1.29, 1.82) is 0 Å². The van der Waals surface area contributed by atoms with Gasteiger partial charge in [-0.1, -0.05) is 123 Å². The van der Waals surface area contributed by atoms with Crippen molar-refractivity contribution in [2.75, 3.05) is 13.2 Å². The van der Waals surface area contributed by atoms with Crippen molar-refractivity contribution in [3.8, 4) is 5.75 Å². The van der Waals surface area contributed by atoms with E-state index in [1.165, 1.54) is 17.2 Å². The minimum absolute atomic E-state index is 0.0850. The van der Waals surface area contributed by atoms with Crippen molar-refractivity contribution in [2.24, 2.45) is 23.7 Å². The van der Waals surface area contributed by atoms with Gasteiger partial charge in [-0.3, -0.25) is 4.79 Å². The Morgan fingerprint density at radius 3 is 2.06 bits per heavy atom. The van der Waals surface area contributed by atoms with Gasteiger partial charge in [-0.25, -0.2) is 4.79 Å². The second kappa shape index (κ2) is 25.4. The number of esters is 1. The minimum atomic E-state index is -2.05. The van der Waals surface area contributed by atoms with E-state index in [1.807, 2.05) is 32.9 Å². The summed E-state index contributed by atoms with van der Waals surface area (Å²) in [7, 11) is -2.05. The van der Waals surface area contributed by atoms with E-state index in [9.17, 15) is 14.7 Å². The number of aliphatic hydroxyl groups is 1. The average Bonchev–Trinajstić information content (AvgIpc) is 3.17. The van der Waals surface area contributed by atoms with Gasteiger partial charge in [0.05, 0.1) is 12.2 Å². The molecule has 0 aromatic heterocycles. The Balaban J connectivity index is 3.37. The summed E-state index contributed by atoms with van der Waals surface area (Å²) in [6, 6.07) is 6.92. The van der Waals surface area contributed by atoms with Crippen LogP contribution in [-0.2, 0) is 20.4 Å². The summed E-state index contributed by atoms with van der Waals surface area (Å²) >= 11 is 0. The highest BCUT2D eigenvalue weighted by molar-refractivity contribution is 6.73. The number of aliphatic hydroxyl groups excluding tert-OH is 1. The highest BCUT2D eigenvalue weighted by Crippen LogP contribution is 2.36. The number of Topliss-reactive ketones (excluding diaryl/α,β-unsaturated/α-hetero) is 1. The Morgan fingerprint density at radius 1 is 0.906 bits per heavy atom. The fourth-order valence-corrected chi connectivity index (χ4v) is 10.6. The Labute approximate surface area is 325 Å². The minimum Gasteiger partial charge on any atom is -0.488 e. The molecule has 0 saturated heterocycles. The van der Waals surface area contributed by atoms with Crippen LogP contribution in [0.3, 0.4) is 0 Å². The van der Waals surface area contributed by atoms with E-state index in [2.05, 4.69) is 80.7 Å². The van der Waals surface area contributed by atoms with Crippen LogP contribution in [0.5, 0.6) is 5.75 Å². The van der Waals surface area contributed by atoms with Crippen molar-refractivity contribution >= 4 is 20.1 Å². The quantitative estimate of drug-likeness (QED) is 0.0521. The third kappa shape index (κ3) is 14.4. The molecule has 0 aliphatic carbocycles. The fourth-order valence-electron chi connectivity index (χ4n) is 7.62. The Bertz CT molecular complexity index is 1330. The molecule has 0 aliphatic heterocycles. The van der Waals surface area contributed by atoms with Crippen LogP contribution < -0.4 is 4.74 Å². The van der Waals surface area contributed by atoms with Gasteiger partial charge in [-0.2, -0.15) is 0 Å². The first kappa shape index (κ1) is 48.3. The predicted molar refractivity (Wildman–Crippen MR) is 226 cm³/mol. The zero-order chi connectivity index (χ0) is 40.1. The lowest BCUT2D eigenvalue weighted by Gasteiger charge is -2.41. The normalized spacial score (nSPS) is 15.9. The average molecular weight is 753 g/mol. The van der Waals surface area contributed by atoms with Gasteiger partial charge in [0.2, 0.25) is 0 Å². The Hall–Kier alpha value is -2.74. The molecule has 0 unspecified atom stereocenters. The molecule has 1 rings (SSSR count). The van der Waals surface area contributed by atoms with Gasteiger partial charge in [0, 0.05) is 11.8 Å². The van der Waals surface area contributed by atoms with E-state index < -0.39 is 26.3 Å². The number of ketones is 1. The molecule has 7 heteroatoms. The Morgan fingerprint density at radius 2 is 1.53 bits per heavy atom. The Kier molecular flexibility index (Phi) is 23.1. The number of allylic oxidation sites excluding steroid dienone is 4. The standard InChI is InChI=1S/C46H76O6Si/c1-14-30-50-45-34(11)27-29-39(41(45)46(49)51-31-15-2)28-26-33(10)42(47)36(13)43(48)40(19-6)44(52-53(20-7,21-8)22-9)35(12)32-38(18-5)25-23-24-37(16-3)17-4/h14-16,25,27,29,33,35-36,40,42,44,47H,1-2,17-24,26,28,30-32H2,3-13H3/b37-16+,38-25+/t33-,35+,36+,40+,42+,44+/m1/s1. The number of hydrogen-bond acceptors (Lipinski definition) is 6. The number of carbonyl (C=O) groups excluding carboxylic acids is 2. The summed E-state index contributed by atoms with van der Waals surface area (Å²) in [4.78, 5) is 27.8. The third-order valence-electron chi connectivity index (χ3n) is 11.6. The summed E-state index contributed by atoms with van der Waals surface area (Å²) < 4.78 is 18.7. The summed E-state index contributed by atoms with van der Waals surface area (Å²) in [6.07, 6.45) is 13.6. The summed E-state index contributed by atoms with van der Waals surface area (Å²) in [5, 5.41) is 11.7. The first-order chi connectivity index (χ1) is 25.3. The van der Waals surface area contributed by atoms with Crippen molar-refractivity contribution in [2.45, 2.75) is 158 Å². The lowest BCUT2D eigenvalue weighted by Crippen LogP contribution is -2.48. The lowest BCUT2D eigenvalue weighted by atomic mass is 9.77. The van der Waals surface area contributed by atoms with Crippen LogP contribution >= 0.6 is 0 Å². The molecular formula is C46H76O6Si. The maximum absolute atomic E-state index is 14.5. The highest BCUT2D eigenvalue weighted by atomic mass is 28.4. The van der Waals surface area contributed by atoms with Crippen LogP contribution in [0.15, 0.2) is 60.7 Å². The SMILES string of the molecule is C=CCOC(=O)c1c(CC[C@@H](C)[C@H](O)[C@H](C)C(=O)[C@H](CC)[C@@H](O[Si](CC)(CC)CC)[C@@H](C)C/C(=C/CC/C(=C/C)CC)CC)ccc(C)c1OCC=C. The molecule has 300 valence electrons. The van der Waals surface area contributed by atoms with Crippen molar-refractivity contribution in [1.82, 2.24) is 0 Å². The molecule has 1 aromatic carbocycles. The van der Waals surface area contributed by atoms with Crippen molar-refractivity contribution in [3.05, 3.63) is 77.4 Å². The summed E-state index contributed by atoms with van der Waals surface area (Å²) in [5.74, 6) is -0.810. The molecule has 1 N–H and O–H groups in total. The molecule has 0 bridgehead atoms. The third-order valence-corrected chi connectivity index (χ3v) is 16.3. The fraction of sp³-hybridized carbons (Fsp3) is 0.652. The summed E-state index contributed by atoms with van der Waals surface area (Å²) in [6.45, 7) is 31.2. The van der Waals surface area contributed by atoms with Gasteiger partial charge in [-0.15, -0.1) is 0 Å².